The van der Waals surface area contributed by atoms with Gasteiger partial charge in [0.15, 0.2) is 0 Å². The van der Waals surface area contributed by atoms with E-state index in [0.717, 1.165) is 31.6 Å². The third-order valence-electron chi connectivity index (χ3n) is 5.33. The summed E-state index contributed by atoms with van der Waals surface area (Å²) in [6, 6.07) is 0.121. The van der Waals surface area contributed by atoms with Gasteiger partial charge in [0.05, 0.1) is 4.87 Å². The Hall–Kier alpha value is -0.710. The van der Waals surface area contributed by atoms with E-state index in [4.69, 9.17) is 0 Å². The second-order valence-electron chi connectivity index (χ2n) is 7.10. The molecular formula is C16H26N2O2S. The highest BCUT2D eigenvalue weighted by Gasteiger charge is 2.54. The quantitative estimate of drug-likeness (QED) is 0.787. The molecule has 3 aliphatic rings. The van der Waals surface area contributed by atoms with Crippen LogP contribution in [0.3, 0.4) is 0 Å². The number of carbonyl (C=O) groups excluding carboxylic acids is 2. The molecule has 5 heteroatoms. The van der Waals surface area contributed by atoms with Gasteiger partial charge in [-0.25, -0.2) is 0 Å². The Morgan fingerprint density at radius 3 is 2.86 bits per heavy atom. The molecule has 0 saturated carbocycles. The fourth-order valence-electron chi connectivity index (χ4n) is 4.12. The van der Waals surface area contributed by atoms with E-state index in [1.165, 1.54) is 6.42 Å². The largest absolute Gasteiger partial charge is 0.338 e. The smallest absolute Gasteiger partial charge is 0.246 e. The number of likely N-dealkylation sites (tertiary alicyclic amines) is 1. The molecule has 0 aromatic carbocycles. The molecule has 0 unspecified atom stereocenters. The van der Waals surface area contributed by atoms with Crippen LogP contribution < -0.4 is 0 Å². The van der Waals surface area contributed by atoms with Crippen LogP contribution in [0.2, 0.25) is 0 Å². The van der Waals surface area contributed by atoms with Gasteiger partial charge in [-0.1, -0.05) is 13.8 Å². The topological polar surface area (TPSA) is 40.6 Å². The highest BCUT2D eigenvalue weighted by atomic mass is 32.2. The normalized spacial score (nSPS) is 36.5. The van der Waals surface area contributed by atoms with Gasteiger partial charge in [-0.05, 0) is 38.5 Å². The van der Waals surface area contributed by atoms with Crippen LogP contribution in [0, 0.1) is 5.92 Å². The maximum atomic E-state index is 13.1. The van der Waals surface area contributed by atoms with Crippen LogP contribution in [0.15, 0.2) is 0 Å². The molecule has 2 amide bonds. The lowest BCUT2D eigenvalue weighted by molar-refractivity contribution is -0.147. The monoisotopic (exact) mass is 310 g/mol. The van der Waals surface area contributed by atoms with Gasteiger partial charge in [-0.3, -0.25) is 9.59 Å². The maximum Gasteiger partial charge on any atom is 0.246 e. The minimum atomic E-state index is -0.227. The Morgan fingerprint density at radius 1 is 1.38 bits per heavy atom. The summed E-state index contributed by atoms with van der Waals surface area (Å²) < 4.78 is 0. The van der Waals surface area contributed by atoms with Gasteiger partial charge >= 0.3 is 0 Å². The molecule has 118 valence electrons. The number of carbonyl (C=O) groups is 2. The molecule has 0 radical (unpaired) electrons. The number of fused-ring (bicyclic) bond motifs is 1. The van der Waals surface area contributed by atoms with Gasteiger partial charge in [-0.15, -0.1) is 11.8 Å². The molecule has 0 aromatic heterocycles. The Kier molecular flexibility index (Phi) is 3.97. The van der Waals surface area contributed by atoms with Crippen molar-refractivity contribution in [1.29, 1.82) is 0 Å². The molecule has 0 N–H and O–H groups in total. The predicted molar refractivity (Wildman–Crippen MR) is 84.9 cm³/mol. The lowest BCUT2D eigenvalue weighted by atomic mass is 9.92. The van der Waals surface area contributed by atoms with Gasteiger partial charge in [-0.2, -0.15) is 0 Å². The third kappa shape index (κ3) is 2.47. The van der Waals surface area contributed by atoms with E-state index in [2.05, 4.69) is 25.7 Å². The summed E-state index contributed by atoms with van der Waals surface area (Å²) in [6.45, 7) is 7.38. The average molecular weight is 310 g/mol. The minimum absolute atomic E-state index is 0.138. The van der Waals surface area contributed by atoms with Crippen molar-refractivity contribution in [2.45, 2.75) is 69.8 Å². The van der Waals surface area contributed by atoms with Crippen LogP contribution in [0.4, 0.5) is 0 Å². The van der Waals surface area contributed by atoms with Crippen molar-refractivity contribution in [3.8, 4) is 0 Å². The van der Waals surface area contributed by atoms with Crippen LogP contribution >= 0.6 is 11.8 Å². The summed E-state index contributed by atoms with van der Waals surface area (Å²) in [7, 11) is 0. The Bertz CT molecular complexity index is 454. The van der Waals surface area contributed by atoms with Gasteiger partial charge in [0.25, 0.3) is 0 Å². The molecule has 3 rings (SSSR count). The highest BCUT2D eigenvalue weighted by molar-refractivity contribution is 8.01. The van der Waals surface area contributed by atoms with Crippen molar-refractivity contribution in [1.82, 2.24) is 9.80 Å². The van der Waals surface area contributed by atoms with Gasteiger partial charge in [0, 0.05) is 24.8 Å². The standard InChI is InChI=1S/C16H26N2O2S/c1-11(2)12-6-4-5-9-17(12)15(20)13-10-21-16(3)8-7-14(19)18(13)16/h11-13H,4-10H2,1-3H3/t12-,13+,16-/m0/s1. The van der Waals surface area contributed by atoms with Gasteiger partial charge < -0.3 is 9.80 Å². The van der Waals surface area contributed by atoms with Crippen LogP contribution in [-0.4, -0.2) is 50.9 Å². The van der Waals surface area contributed by atoms with Crippen molar-refractivity contribution in [2.75, 3.05) is 12.3 Å². The van der Waals surface area contributed by atoms with E-state index in [0.29, 0.717) is 18.4 Å². The molecule has 0 aromatic rings. The van der Waals surface area contributed by atoms with E-state index >= 15 is 0 Å². The second kappa shape index (κ2) is 5.49. The number of hydrogen-bond donors (Lipinski definition) is 0. The second-order valence-corrected chi connectivity index (χ2v) is 8.61. The summed E-state index contributed by atoms with van der Waals surface area (Å²) in [5, 5.41) is 0. The number of piperidine rings is 1. The van der Waals surface area contributed by atoms with Crippen LogP contribution in [0.1, 0.15) is 52.9 Å². The van der Waals surface area contributed by atoms with E-state index < -0.39 is 0 Å². The fraction of sp³-hybridized carbons (Fsp3) is 0.875. The van der Waals surface area contributed by atoms with Gasteiger partial charge in [0.2, 0.25) is 11.8 Å². The van der Waals surface area contributed by atoms with Crippen LogP contribution in [0.5, 0.6) is 0 Å². The molecule has 21 heavy (non-hydrogen) atoms. The zero-order chi connectivity index (χ0) is 15.2. The van der Waals surface area contributed by atoms with Crippen LogP contribution in [-0.2, 0) is 9.59 Å². The Balaban J connectivity index is 1.80. The summed E-state index contributed by atoms with van der Waals surface area (Å²) >= 11 is 1.79. The van der Waals surface area contributed by atoms with E-state index in [1.54, 1.807) is 11.8 Å². The fourth-order valence-corrected chi connectivity index (χ4v) is 5.54. The first kappa shape index (κ1) is 15.2. The zero-order valence-electron chi connectivity index (χ0n) is 13.3. The number of rotatable bonds is 2. The first-order valence-electron chi connectivity index (χ1n) is 8.20. The highest BCUT2D eigenvalue weighted by Crippen LogP contribution is 2.47. The summed E-state index contributed by atoms with van der Waals surface area (Å²) in [5.41, 5.74) is 0. The number of nitrogens with zero attached hydrogens (tertiary/aromatic N) is 2. The van der Waals surface area contributed by atoms with Crippen LogP contribution in [0.25, 0.3) is 0 Å². The average Bonchev–Trinajstić information content (AvgIpc) is 2.95. The third-order valence-corrected chi connectivity index (χ3v) is 6.84. The molecule has 3 aliphatic heterocycles. The zero-order valence-corrected chi connectivity index (χ0v) is 14.1. The minimum Gasteiger partial charge on any atom is -0.338 e. The summed E-state index contributed by atoms with van der Waals surface area (Å²) in [5.74, 6) is 1.62. The van der Waals surface area contributed by atoms with Crippen molar-refractivity contribution < 1.29 is 9.59 Å². The molecule has 3 saturated heterocycles. The van der Waals surface area contributed by atoms with E-state index in [1.807, 2.05) is 4.90 Å². The lowest BCUT2D eigenvalue weighted by Gasteiger charge is -2.41. The lowest BCUT2D eigenvalue weighted by Crippen LogP contribution is -2.56. The Morgan fingerprint density at radius 2 is 2.14 bits per heavy atom. The summed E-state index contributed by atoms with van der Waals surface area (Å²) in [4.78, 5) is 29.1. The Labute approximate surface area is 131 Å². The number of thioether (sulfide) groups is 1. The molecule has 4 nitrogen and oxygen atoms in total. The molecule has 3 heterocycles. The predicted octanol–water partition coefficient (Wildman–Crippen LogP) is 2.48. The SMILES string of the molecule is CC(C)[C@@H]1CCCCN1C(=O)[C@H]1CS[C@@]2(C)CCC(=O)N12. The maximum absolute atomic E-state index is 13.1. The van der Waals surface area contributed by atoms with E-state index in [9.17, 15) is 9.59 Å². The summed E-state index contributed by atoms with van der Waals surface area (Å²) in [6.07, 6.45) is 4.90. The van der Waals surface area contributed by atoms with Gasteiger partial charge in [0.1, 0.15) is 6.04 Å². The van der Waals surface area contributed by atoms with Crippen molar-refractivity contribution >= 4 is 23.6 Å². The first-order chi connectivity index (χ1) is 9.94. The molecule has 0 spiro atoms. The molecule has 3 atom stereocenters. The molecule has 0 bridgehead atoms. The van der Waals surface area contributed by atoms with Crippen molar-refractivity contribution in [3.63, 3.8) is 0 Å². The molecular weight excluding hydrogens is 284 g/mol. The van der Waals surface area contributed by atoms with E-state index in [-0.39, 0.29) is 22.7 Å². The molecule has 3 fully saturated rings. The van der Waals surface area contributed by atoms with Crippen molar-refractivity contribution in [2.24, 2.45) is 5.92 Å². The number of amides is 2. The number of hydrogen-bond acceptors (Lipinski definition) is 3. The first-order valence-corrected chi connectivity index (χ1v) is 9.19. The molecule has 0 aliphatic carbocycles. The van der Waals surface area contributed by atoms with Crippen molar-refractivity contribution in [3.05, 3.63) is 0 Å².